The largest absolute Gasteiger partial charge is 0.328 e. The zero-order valence-electron chi connectivity index (χ0n) is 10.4. The summed E-state index contributed by atoms with van der Waals surface area (Å²) >= 11 is 5.78. The third-order valence-corrected chi connectivity index (χ3v) is 5.46. The van der Waals surface area contributed by atoms with Crippen LogP contribution < -0.4 is 5.73 Å². The third-order valence-electron chi connectivity index (χ3n) is 3.23. The highest BCUT2D eigenvalue weighted by atomic mass is 35.5. The molecule has 2 heterocycles. The van der Waals surface area contributed by atoms with Gasteiger partial charge in [-0.25, -0.2) is 13.4 Å². The number of nitrogens with two attached hydrogens (primary N) is 1. The number of aromatic nitrogens is 2. The van der Waals surface area contributed by atoms with E-state index < -0.39 is 10.0 Å². The van der Waals surface area contributed by atoms with Gasteiger partial charge in [0.25, 0.3) is 10.0 Å². The second kappa shape index (κ2) is 4.80. The van der Waals surface area contributed by atoms with Gasteiger partial charge in [0, 0.05) is 31.9 Å². The van der Waals surface area contributed by atoms with Gasteiger partial charge in [-0.2, -0.15) is 4.31 Å². The molecule has 2 atom stereocenters. The molecule has 6 nitrogen and oxygen atoms in total. The van der Waals surface area contributed by atoms with Crippen LogP contribution in [-0.2, 0) is 17.1 Å². The van der Waals surface area contributed by atoms with Crippen molar-refractivity contribution in [2.24, 2.45) is 12.8 Å². The van der Waals surface area contributed by atoms with Crippen LogP contribution in [0.5, 0.6) is 0 Å². The van der Waals surface area contributed by atoms with Crippen molar-refractivity contribution in [3.63, 3.8) is 0 Å². The SMILES string of the molecule is C[C@@H]1C[C@@H](N)CCN1S(=O)(=O)c1cn(C)c(Cl)n1. The number of sulfonamides is 1. The molecule has 0 spiro atoms. The molecule has 0 saturated carbocycles. The molecule has 2 rings (SSSR count). The summed E-state index contributed by atoms with van der Waals surface area (Å²) < 4.78 is 27.8. The molecule has 8 heteroatoms. The van der Waals surface area contributed by atoms with Crippen molar-refractivity contribution in [3.05, 3.63) is 11.5 Å². The number of imidazole rings is 1. The molecule has 102 valence electrons. The highest BCUT2D eigenvalue weighted by Crippen LogP contribution is 2.24. The van der Waals surface area contributed by atoms with E-state index in [0.29, 0.717) is 19.4 Å². The molecule has 0 bridgehead atoms. The van der Waals surface area contributed by atoms with Crippen molar-refractivity contribution in [3.8, 4) is 0 Å². The maximum atomic E-state index is 12.4. The zero-order chi connectivity index (χ0) is 13.5. The van der Waals surface area contributed by atoms with Crippen LogP contribution in [0.1, 0.15) is 19.8 Å². The molecule has 0 unspecified atom stereocenters. The number of piperidine rings is 1. The second-order valence-corrected chi connectivity index (χ2v) is 6.88. The van der Waals surface area contributed by atoms with E-state index in [-0.39, 0.29) is 22.4 Å². The first-order chi connectivity index (χ1) is 8.32. The van der Waals surface area contributed by atoms with Gasteiger partial charge >= 0.3 is 0 Å². The van der Waals surface area contributed by atoms with Crippen molar-refractivity contribution < 1.29 is 8.42 Å². The Hall–Kier alpha value is -0.630. The number of rotatable bonds is 2. The summed E-state index contributed by atoms with van der Waals surface area (Å²) in [4.78, 5) is 3.88. The van der Waals surface area contributed by atoms with Crippen molar-refractivity contribution in [2.75, 3.05) is 6.54 Å². The standard InChI is InChI=1S/C10H17ClN4O2S/c1-7-5-8(12)3-4-15(7)18(16,17)9-6-14(2)10(11)13-9/h6-8H,3-5,12H2,1-2H3/t7-,8+/m1/s1. The first-order valence-electron chi connectivity index (χ1n) is 5.78. The van der Waals surface area contributed by atoms with Crippen molar-refractivity contribution in [1.82, 2.24) is 13.9 Å². The molecule has 0 aromatic carbocycles. The molecule has 1 aliphatic heterocycles. The lowest BCUT2D eigenvalue weighted by Gasteiger charge is -2.34. The first kappa shape index (κ1) is 13.8. The second-order valence-electron chi connectivity index (χ2n) is 4.71. The highest BCUT2D eigenvalue weighted by Gasteiger charge is 2.35. The van der Waals surface area contributed by atoms with E-state index in [1.807, 2.05) is 6.92 Å². The van der Waals surface area contributed by atoms with Crippen LogP contribution in [0.2, 0.25) is 5.28 Å². The smallest absolute Gasteiger partial charge is 0.262 e. The molecule has 1 aromatic heterocycles. The van der Waals surface area contributed by atoms with Crippen molar-refractivity contribution >= 4 is 21.6 Å². The summed E-state index contributed by atoms with van der Waals surface area (Å²) in [6.45, 7) is 2.29. The Balaban J connectivity index is 2.31. The van der Waals surface area contributed by atoms with Crippen molar-refractivity contribution in [1.29, 1.82) is 0 Å². The fourth-order valence-corrected chi connectivity index (χ4v) is 4.04. The van der Waals surface area contributed by atoms with Gasteiger partial charge in [-0.3, -0.25) is 0 Å². The van der Waals surface area contributed by atoms with E-state index >= 15 is 0 Å². The minimum atomic E-state index is -3.57. The predicted octanol–water partition coefficient (Wildman–Crippen LogP) is 0.574. The summed E-state index contributed by atoms with van der Waals surface area (Å²) in [5.41, 5.74) is 5.84. The number of aryl methyl sites for hydroxylation is 1. The molecule has 1 fully saturated rings. The van der Waals surface area contributed by atoms with E-state index in [1.165, 1.54) is 15.1 Å². The minimum Gasteiger partial charge on any atom is -0.328 e. The highest BCUT2D eigenvalue weighted by molar-refractivity contribution is 7.89. The monoisotopic (exact) mass is 292 g/mol. The normalized spacial score (nSPS) is 26.4. The minimum absolute atomic E-state index is 0.00248. The molecule has 1 aromatic rings. The molecule has 0 aliphatic carbocycles. The molecule has 0 amide bonds. The average Bonchev–Trinajstić information content (AvgIpc) is 2.59. The fourth-order valence-electron chi connectivity index (χ4n) is 2.21. The maximum Gasteiger partial charge on any atom is 0.262 e. The molecule has 1 aliphatic rings. The van der Waals surface area contributed by atoms with Gasteiger partial charge in [0.1, 0.15) is 0 Å². The number of halogens is 1. The fraction of sp³-hybridized carbons (Fsp3) is 0.700. The Morgan fingerprint density at radius 2 is 2.22 bits per heavy atom. The summed E-state index contributed by atoms with van der Waals surface area (Å²) in [5, 5.41) is 0.160. The van der Waals surface area contributed by atoms with Gasteiger partial charge in [0.15, 0.2) is 5.03 Å². The van der Waals surface area contributed by atoms with Gasteiger partial charge in [-0.1, -0.05) is 0 Å². The van der Waals surface area contributed by atoms with Gasteiger partial charge in [-0.15, -0.1) is 0 Å². The lowest BCUT2D eigenvalue weighted by molar-refractivity contribution is 0.246. The van der Waals surface area contributed by atoms with E-state index in [1.54, 1.807) is 7.05 Å². The lowest BCUT2D eigenvalue weighted by atomic mass is 10.0. The Kier molecular flexibility index (Phi) is 3.68. The van der Waals surface area contributed by atoms with Crippen molar-refractivity contribution in [2.45, 2.75) is 36.9 Å². The van der Waals surface area contributed by atoms with Gasteiger partial charge < -0.3 is 10.3 Å². The Bertz CT molecular complexity index is 523. The zero-order valence-corrected chi connectivity index (χ0v) is 11.9. The third kappa shape index (κ3) is 2.40. The Labute approximate surface area is 112 Å². The van der Waals surface area contributed by atoms with Crippen LogP contribution in [0.4, 0.5) is 0 Å². The summed E-state index contributed by atoms with van der Waals surface area (Å²) in [7, 11) is -1.92. The molecular weight excluding hydrogens is 276 g/mol. The van der Waals surface area contributed by atoms with E-state index in [0.717, 1.165) is 0 Å². The van der Waals surface area contributed by atoms with Gasteiger partial charge in [0.05, 0.1) is 0 Å². The molecular formula is C10H17ClN4O2S. The van der Waals surface area contributed by atoms with Crippen LogP contribution in [0.3, 0.4) is 0 Å². The summed E-state index contributed by atoms with van der Waals surface area (Å²) in [6, 6.07) is -0.0432. The summed E-state index contributed by atoms with van der Waals surface area (Å²) in [6.07, 6.45) is 2.77. The number of hydrogen-bond donors (Lipinski definition) is 1. The van der Waals surface area contributed by atoms with Crippen LogP contribution in [0, 0.1) is 0 Å². The number of nitrogens with zero attached hydrogens (tertiary/aromatic N) is 3. The quantitative estimate of drug-likeness (QED) is 0.864. The lowest BCUT2D eigenvalue weighted by Crippen LogP contribution is -2.48. The van der Waals surface area contributed by atoms with Gasteiger partial charge in [-0.05, 0) is 31.4 Å². The molecule has 0 radical (unpaired) electrons. The van der Waals surface area contributed by atoms with Crippen LogP contribution in [0.25, 0.3) is 0 Å². The van der Waals surface area contributed by atoms with Crippen LogP contribution in [-0.4, -0.2) is 40.9 Å². The van der Waals surface area contributed by atoms with Crippen LogP contribution in [0.15, 0.2) is 11.2 Å². The molecule has 2 N–H and O–H groups in total. The van der Waals surface area contributed by atoms with E-state index in [9.17, 15) is 8.42 Å². The van der Waals surface area contributed by atoms with Gasteiger partial charge in [0.2, 0.25) is 5.28 Å². The van der Waals surface area contributed by atoms with Crippen LogP contribution >= 0.6 is 11.6 Å². The number of hydrogen-bond acceptors (Lipinski definition) is 4. The average molecular weight is 293 g/mol. The van der Waals surface area contributed by atoms with E-state index in [4.69, 9.17) is 17.3 Å². The van der Waals surface area contributed by atoms with E-state index in [2.05, 4.69) is 4.98 Å². The molecule has 1 saturated heterocycles. The first-order valence-corrected chi connectivity index (χ1v) is 7.60. The predicted molar refractivity (Wildman–Crippen MR) is 68.8 cm³/mol. The Morgan fingerprint density at radius 3 is 2.72 bits per heavy atom. The summed E-state index contributed by atoms with van der Waals surface area (Å²) in [5.74, 6) is 0. The molecule has 18 heavy (non-hydrogen) atoms. The topological polar surface area (TPSA) is 81.2 Å². The Morgan fingerprint density at radius 1 is 1.56 bits per heavy atom. The maximum absolute atomic E-state index is 12.4.